The average molecular weight is 153 g/mol. The van der Waals surface area contributed by atoms with Crippen LogP contribution < -0.4 is 0 Å². The molecular formula is C8H8FNO. The van der Waals surface area contributed by atoms with Gasteiger partial charge in [0, 0.05) is 12.0 Å². The van der Waals surface area contributed by atoms with Crippen LogP contribution in [0, 0.1) is 11.3 Å². The molecule has 0 saturated heterocycles. The van der Waals surface area contributed by atoms with Gasteiger partial charge in [0.1, 0.15) is 6.17 Å². The molecule has 3 heteroatoms. The predicted octanol–water partition coefficient (Wildman–Crippen LogP) is 1.10. The number of hydrogen-bond acceptors (Lipinski definition) is 2. The molecule has 0 aromatic heterocycles. The third-order valence-corrected chi connectivity index (χ3v) is 1.63. The van der Waals surface area contributed by atoms with Gasteiger partial charge >= 0.3 is 0 Å². The number of aliphatic hydroxyl groups is 1. The lowest BCUT2D eigenvalue weighted by atomic mass is 9.98. The average Bonchev–Trinajstić information content (AvgIpc) is 2.04. The maximum absolute atomic E-state index is 12.9. The number of hydrogen-bond donors (Lipinski definition) is 1. The van der Waals surface area contributed by atoms with E-state index >= 15 is 0 Å². The largest absolute Gasteiger partial charge is 0.392 e. The minimum Gasteiger partial charge on any atom is -0.392 e. The number of nitrogens with zero attached hydrogens (tertiary/aromatic N) is 1. The van der Waals surface area contributed by atoms with Crippen LogP contribution in [0.25, 0.3) is 0 Å². The van der Waals surface area contributed by atoms with Crippen LogP contribution in [0.5, 0.6) is 0 Å². The molecule has 1 atom stereocenters. The third kappa shape index (κ3) is 1.66. The van der Waals surface area contributed by atoms with Crippen LogP contribution >= 0.6 is 0 Å². The Balaban J connectivity index is 2.79. The first-order valence-electron chi connectivity index (χ1n) is 3.32. The Morgan fingerprint density at radius 1 is 1.73 bits per heavy atom. The highest BCUT2D eigenvalue weighted by Crippen LogP contribution is 2.20. The smallest absolute Gasteiger partial charge is 0.128 e. The number of aliphatic hydroxyl groups excluding tert-OH is 1. The van der Waals surface area contributed by atoms with Crippen molar-refractivity contribution in [3.63, 3.8) is 0 Å². The number of alkyl halides is 1. The molecule has 1 unspecified atom stereocenters. The van der Waals surface area contributed by atoms with E-state index in [1.165, 1.54) is 6.08 Å². The summed E-state index contributed by atoms with van der Waals surface area (Å²) in [6, 6.07) is 1.87. The molecule has 0 aliphatic heterocycles. The van der Waals surface area contributed by atoms with Gasteiger partial charge < -0.3 is 5.11 Å². The van der Waals surface area contributed by atoms with Crippen molar-refractivity contribution in [2.24, 2.45) is 0 Å². The molecule has 1 aliphatic carbocycles. The minimum atomic E-state index is -1.18. The van der Waals surface area contributed by atoms with Gasteiger partial charge in [0.2, 0.25) is 0 Å². The monoisotopic (exact) mass is 153 g/mol. The Hall–Kier alpha value is -1.14. The summed E-state index contributed by atoms with van der Waals surface area (Å²) in [4.78, 5) is 0. The predicted molar refractivity (Wildman–Crippen MR) is 38.4 cm³/mol. The van der Waals surface area contributed by atoms with Crippen LogP contribution in [0.1, 0.15) is 6.42 Å². The molecule has 2 nitrogen and oxygen atoms in total. The molecule has 58 valence electrons. The summed E-state index contributed by atoms with van der Waals surface area (Å²) in [5.41, 5.74) is 0.777. The summed E-state index contributed by atoms with van der Waals surface area (Å²) in [6.45, 7) is -0.267. The van der Waals surface area contributed by atoms with E-state index in [-0.39, 0.29) is 13.0 Å². The van der Waals surface area contributed by atoms with Gasteiger partial charge in [-0.1, -0.05) is 6.08 Å². The summed E-state index contributed by atoms with van der Waals surface area (Å²) in [5, 5.41) is 17.0. The first kappa shape index (κ1) is 7.96. The Kier molecular flexibility index (Phi) is 2.40. The van der Waals surface area contributed by atoms with Gasteiger partial charge in [0.05, 0.1) is 12.7 Å². The molecule has 0 aromatic carbocycles. The molecule has 0 radical (unpaired) electrons. The van der Waals surface area contributed by atoms with Crippen LogP contribution in [0.2, 0.25) is 0 Å². The van der Waals surface area contributed by atoms with E-state index in [4.69, 9.17) is 10.4 Å². The molecule has 0 spiro atoms. The summed E-state index contributed by atoms with van der Waals surface area (Å²) >= 11 is 0. The molecule has 0 bridgehead atoms. The van der Waals surface area contributed by atoms with E-state index in [9.17, 15) is 4.39 Å². The van der Waals surface area contributed by atoms with Crippen LogP contribution in [0.3, 0.4) is 0 Å². The molecule has 0 amide bonds. The molecule has 1 aliphatic rings. The molecular weight excluding hydrogens is 145 g/mol. The molecule has 0 saturated carbocycles. The fourth-order valence-electron chi connectivity index (χ4n) is 0.939. The number of nitriles is 1. The summed E-state index contributed by atoms with van der Waals surface area (Å²) in [7, 11) is 0. The van der Waals surface area contributed by atoms with Crippen molar-refractivity contribution in [1.82, 2.24) is 0 Å². The van der Waals surface area contributed by atoms with Crippen LogP contribution in [0.15, 0.2) is 23.3 Å². The van der Waals surface area contributed by atoms with Gasteiger partial charge in [-0.05, 0) is 11.6 Å². The van der Waals surface area contributed by atoms with E-state index in [1.54, 1.807) is 6.08 Å². The topological polar surface area (TPSA) is 44.0 Å². The fraction of sp³-hybridized carbons (Fsp3) is 0.375. The second-order valence-corrected chi connectivity index (χ2v) is 2.38. The maximum Gasteiger partial charge on any atom is 0.128 e. The molecule has 0 heterocycles. The Labute approximate surface area is 64.3 Å². The van der Waals surface area contributed by atoms with Gasteiger partial charge in [-0.25, -0.2) is 4.39 Å². The zero-order valence-corrected chi connectivity index (χ0v) is 5.92. The van der Waals surface area contributed by atoms with Crippen molar-refractivity contribution in [3.05, 3.63) is 23.3 Å². The quantitative estimate of drug-likeness (QED) is 0.613. The van der Waals surface area contributed by atoms with Crippen LogP contribution in [-0.4, -0.2) is 17.9 Å². The number of allylic oxidation sites excluding steroid dienone is 3. The van der Waals surface area contributed by atoms with Crippen molar-refractivity contribution in [2.45, 2.75) is 12.6 Å². The molecule has 0 aromatic rings. The van der Waals surface area contributed by atoms with Gasteiger partial charge in [0.15, 0.2) is 0 Å². The van der Waals surface area contributed by atoms with E-state index in [0.717, 1.165) is 0 Å². The van der Waals surface area contributed by atoms with Crippen molar-refractivity contribution >= 4 is 0 Å². The lowest BCUT2D eigenvalue weighted by Gasteiger charge is -2.12. The first-order valence-corrected chi connectivity index (χ1v) is 3.32. The highest BCUT2D eigenvalue weighted by atomic mass is 19.1. The maximum atomic E-state index is 12.9. The highest BCUT2D eigenvalue weighted by molar-refractivity contribution is 5.35. The molecule has 1 rings (SSSR count). The van der Waals surface area contributed by atoms with Gasteiger partial charge in [-0.2, -0.15) is 5.26 Å². The van der Waals surface area contributed by atoms with Crippen LogP contribution in [-0.2, 0) is 0 Å². The highest BCUT2D eigenvalue weighted by Gasteiger charge is 2.17. The van der Waals surface area contributed by atoms with Crippen molar-refractivity contribution in [2.75, 3.05) is 6.61 Å². The summed E-state index contributed by atoms with van der Waals surface area (Å²) < 4.78 is 12.9. The van der Waals surface area contributed by atoms with E-state index in [2.05, 4.69) is 0 Å². The Morgan fingerprint density at radius 2 is 2.45 bits per heavy atom. The minimum absolute atomic E-state index is 0.100. The molecule has 11 heavy (non-hydrogen) atoms. The Morgan fingerprint density at radius 3 is 2.91 bits per heavy atom. The molecule has 0 fully saturated rings. The third-order valence-electron chi connectivity index (χ3n) is 1.63. The second-order valence-electron chi connectivity index (χ2n) is 2.38. The van der Waals surface area contributed by atoms with Crippen molar-refractivity contribution < 1.29 is 9.50 Å². The van der Waals surface area contributed by atoms with Gasteiger partial charge in [-0.3, -0.25) is 0 Å². The standard InChI is InChI=1S/C8H8FNO/c9-8-3-6(4-10)1-2-7(8)5-11/h1-2,8,11H,3,5H2. The summed E-state index contributed by atoms with van der Waals surface area (Å²) in [6.07, 6.45) is 1.93. The van der Waals surface area contributed by atoms with Crippen LogP contribution in [0.4, 0.5) is 4.39 Å². The van der Waals surface area contributed by atoms with E-state index in [1.807, 2.05) is 6.07 Å². The lowest BCUT2D eigenvalue weighted by molar-refractivity contribution is 0.283. The normalized spacial score (nSPS) is 23.5. The Bertz CT molecular complexity index is 249. The van der Waals surface area contributed by atoms with Gasteiger partial charge in [0.25, 0.3) is 0 Å². The lowest BCUT2D eigenvalue weighted by Crippen LogP contribution is -2.11. The summed E-state index contributed by atoms with van der Waals surface area (Å²) in [5.74, 6) is 0. The fourth-order valence-corrected chi connectivity index (χ4v) is 0.939. The van der Waals surface area contributed by atoms with Crippen molar-refractivity contribution in [3.8, 4) is 6.07 Å². The zero-order chi connectivity index (χ0) is 8.27. The molecule has 1 N–H and O–H groups in total. The first-order chi connectivity index (χ1) is 5.27. The van der Waals surface area contributed by atoms with Gasteiger partial charge in [-0.15, -0.1) is 0 Å². The second kappa shape index (κ2) is 3.31. The number of halogens is 1. The zero-order valence-electron chi connectivity index (χ0n) is 5.92. The SMILES string of the molecule is N#CC1=CC=C(CO)C(F)C1. The van der Waals surface area contributed by atoms with E-state index < -0.39 is 6.17 Å². The number of rotatable bonds is 1. The van der Waals surface area contributed by atoms with E-state index in [0.29, 0.717) is 11.1 Å². The van der Waals surface area contributed by atoms with Crippen molar-refractivity contribution in [1.29, 1.82) is 5.26 Å².